The quantitative estimate of drug-likeness (QED) is 0.389. The first-order chi connectivity index (χ1) is 6.04. The Kier molecular flexibility index (Phi) is 7.46. The van der Waals surface area contributed by atoms with Gasteiger partial charge in [0, 0.05) is 24.6 Å². The smallest absolute Gasteiger partial charge is 0.383 e. The maximum atomic E-state index is 6.22. The van der Waals surface area contributed by atoms with E-state index in [2.05, 4.69) is 0 Å². The van der Waals surface area contributed by atoms with Crippen LogP contribution in [0.5, 0.6) is 0 Å². The highest BCUT2D eigenvalue weighted by Crippen LogP contribution is 2.22. The summed E-state index contributed by atoms with van der Waals surface area (Å²) in [6, 6.07) is 0.751. The van der Waals surface area contributed by atoms with E-state index in [1.807, 2.05) is 20.8 Å². The van der Waals surface area contributed by atoms with Crippen molar-refractivity contribution >= 4 is 30.6 Å². The van der Waals surface area contributed by atoms with Gasteiger partial charge >= 0.3 is 7.87 Å². The summed E-state index contributed by atoms with van der Waals surface area (Å²) in [5.74, 6) is 0. The van der Waals surface area contributed by atoms with Gasteiger partial charge < -0.3 is 8.85 Å². The molecule has 0 aliphatic rings. The molecule has 0 amide bonds. The van der Waals surface area contributed by atoms with Gasteiger partial charge in [-0.2, -0.15) is 0 Å². The fourth-order valence-electron chi connectivity index (χ4n) is 0.988. The highest BCUT2D eigenvalue weighted by molar-refractivity contribution is 7.13. The second kappa shape index (κ2) is 7.07. The summed E-state index contributed by atoms with van der Waals surface area (Å²) in [6.07, 6.45) is 0.845. The zero-order chi connectivity index (χ0) is 10.3. The van der Waals surface area contributed by atoms with Crippen molar-refractivity contribution in [3.8, 4) is 0 Å². The second-order valence-corrected chi connectivity index (χ2v) is 7.72. The molecule has 0 N–H and O–H groups in total. The molecule has 1 atom stereocenters. The van der Waals surface area contributed by atoms with Gasteiger partial charge in [-0.3, -0.25) is 0 Å². The van der Waals surface area contributed by atoms with Crippen LogP contribution >= 0.6 is 22.7 Å². The molecular weight excluding hydrogens is 227 g/mol. The molecule has 0 aromatic carbocycles. The number of rotatable bonds is 7. The maximum Gasteiger partial charge on any atom is 0.443 e. The largest absolute Gasteiger partial charge is 0.443 e. The summed E-state index contributed by atoms with van der Waals surface area (Å²) < 4.78 is 10.9. The number of halogens is 2. The highest BCUT2D eigenvalue weighted by atomic mass is 35.6. The van der Waals surface area contributed by atoms with Crippen LogP contribution in [0.4, 0.5) is 0 Å². The van der Waals surface area contributed by atoms with Gasteiger partial charge in [-0.05, 0) is 27.2 Å². The molecule has 0 aromatic heterocycles. The van der Waals surface area contributed by atoms with Crippen molar-refractivity contribution < 1.29 is 8.85 Å². The Morgan fingerprint density at radius 1 is 1.23 bits per heavy atom. The van der Waals surface area contributed by atoms with Gasteiger partial charge in [0.1, 0.15) is 0 Å². The Bertz CT molecular complexity index is 127. The SMILES string of the molecule is CCO[Si](Cl)(CCC(C)Cl)OCC. The Labute approximate surface area is 91.5 Å². The normalized spacial score (nSPS) is 14.5. The van der Waals surface area contributed by atoms with Crippen LogP contribution in [0.15, 0.2) is 0 Å². The number of hydrogen-bond acceptors (Lipinski definition) is 2. The molecule has 2 nitrogen and oxygen atoms in total. The fourth-order valence-corrected chi connectivity index (χ4v) is 4.27. The topological polar surface area (TPSA) is 18.5 Å². The monoisotopic (exact) mass is 244 g/mol. The first-order valence-corrected chi connectivity index (χ1v) is 8.12. The zero-order valence-corrected chi connectivity index (χ0v) is 11.0. The Hall–Kier alpha value is 0.717. The van der Waals surface area contributed by atoms with Crippen LogP contribution in [-0.2, 0) is 8.85 Å². The van der Waals surface area contributed by atoms with Crippen molar-refractivity contribution in [2.24, 2.45) is 0 Å². The molecule has 0 aliphatic heterocycles. The Morgan fingerprint density at radius 2 is 1.69 bits per heavy atom. The summed E-state index contributed by atoms with van der Waals surface area (Å²) in [6.45, 7) is 7.00. The average molecular weight is 245 g/mol. The molecule has 0 fully saturated rings. The van der Waals surface area contributed by atoms with Gasteiger partial charge in [-0.15, -0.1) is 11.6 Å². The van der Waals surface area contributed by atoms with E-state index in [0.717, 1.165) is 12.5 Å². The molecule has 0 saturated heterocycles. The standard InChI is InChI=1S/C8H18Cl2O2Si/c1-4-11-13(10,12-5-2)7-6-8(3)9/h8H,4-7H2,1-3H3. The van der Waals surface area contributed by atoms with Gasteiger partial charge in [-0.25, -0.2) is 0 Å². The minimum atomic E-state index is -2.42. The third-order valence-corrected chi connectivity index (χ3v) is 5.33. The highest BCUT2D eigenvalue weighted by Gasteiger charge is 2.34. The lowest BCUT2D eigenvalue weighted by atomic mass is 10.4. The summed E-state index contributed by atoms with van der Waals surface area (Å²) >= 11 is 12.1. The summed E-state index contributed by atoms with van der Waals surface area (Å²) in [7, 11) is -2.42. The third kappa shape index (κ3) is 6.74. The van der Waals surface area contributed by atoms with Crippen LogP contribution in [0.1, 0.15) is 27.2 Å². The molecule has 0 saturated carbocycles. The van der Waals surface area contributed by atoms with E-state index in [0.29, 0.717) is 13.2 Å². The summed E-state index contributed by atoms with van der Waals surface area (Å²) in [5, 5.41) is 0.131. The van der Waals surface area contributed by atoms with Crippen molar-refractivity contribution in [1.82, 2.24) is 0 Å². The Morgan fingerprint density at radius 3 is 2.00 bits per heavy atom. The van der Waals surface area contributed by atoms with Crippen molar-refractivity contribution in [3.63, 3.8) is 0 Å². The van der Waals surface area contributed by atoms with E-state index >= 15 is 0 Å². The van der Waals surface area contributed by atoms with Gasteiger partial charge in [-0.1, -0.05) is 11.1 Å². The van der Waals surface area contributed by atoms with Crippen molar-refractivity contribution in [2.45, 2.75) is 38.6 Å². The molecule has 0 spiro atoms. The van der Waals surface area contributed by atoms with E-state index in [1.54, 1.807) is 0 Å². The molecule has 5 heteroatoms. The molecule has 0 rings (SSSR count). The number of alkyl halides is 1. The van der Waals surface area contributed by atoms with Crippen LogP contribution in [0.2, 0.25) is 6.04 Å². The molecular formula is C8H18Cl2O2Si. The van der Waals surface area contributed by atoms with Crippen LogP contribution in [0.25, 0.3) is 0 Å². The summed E-state index contributed by atoms with van der Waals surface area (Å²) in [5.41, 5.74) is 0. The van der Waals surface area contributed by atoms with Gasteiger partial charge in [0.05, 0.1) is 0 Å². The molecule has 0 bridgehead atoms. The predicted molar refractivity (Wildman–Crippen MR) is 59.6 cm³/mol. The minimum Gasteiger partial charge on any atom is -0.383 e. The van der Waals surface area contributed by atoms with Crippen molar-refractivity contribution in [2.75, 3.05) is 13.2 Å². The number of hydrogen-bond donors (Lipinski definition) is 0. The molecule has 0 aromatic rings. The molecule has 80 valence electrons. The first-order valence-electron chi connectivity index (χ1n) is 4.65. The van der Waals surface area contributed by atoms with E-state index in [4.69, 9.17) is 31.5 Å². The first kappa shape index (κ1) is 13.7. The lowest BCUT2D eigenvalue weighted by Crippen LogP contribution is -2.36. The molecule has 0 radical (unpaired) electrons. The van der Waals surface area contributed by atoms with E-state index in [-0.39, 0.29) is 5.38 Å². The molecule has 1 unspecified atom stereocenters. The van der Waals surface area contributed by atoms with E-state index in [1.165, 1.54) is 0 Å². The minimum absolute atomic E-state index is 0.131. The predicted octanol–water partition coefficient (Wildman–Crippen LogP) is 3.25. The maximum absolute atomic E-state index is 6.22. The van der Waals surface area contributed by atoms with Gasteiger partial charge in [0.25, 0.3) is 0 Å². The summed E-state index contributed by atoms with van der Waals surface area (Å²) in [4.78, 5) is 0. The molecule has 0 aliphatic carbocycles. The van der Waals surface area contributed by atoms with Crippen LogP contribution in [-0.4, -0.2) is 26.5 Å². The average Bonchev–Trinajstić information content (AvgIpc) is 2.02. The molecule has 13 heavy (non-hydrogen) atoms. The fraction of sp³-hybridized carbons (Fsp3) is 1.00. The van der Waals surface area contributed by atoms with Crippen LogP contribution in [0.3, 0.4) is 0 Å². The Balaban J connectivity index is 3.91. The van der Waals surface area contributed by atoms with Gasteiger partial charge in [0.2, 0.25) is 0 Å². The zero-order valence-electron chi connectivity index (χ0n) is 8.48. The van der Waals surface area contributed by atoms with Crippen molar-refractivity contribution in [1.29, 1.82) is 0 Å². The van der Waals surface area contributed by atoms with Crippen LogP contribution < -0.4 is 0 Å². The lowest BCUT2D eigenvalue weighted by Gasteiger charge is -2.23. The molecule has 0 heterocycles. The van der Waals surface area contributed by atoms with Crippen molar-refractivity contribution in [3.05, 3.63) is 0 Å². The van der Waals surface area contributed by atoms with E-state index in [9.17, 15) is 0 Å². The third-order valence-electron chi connectivity index (χ3n) is 1.56. The second-order valence-electron chi connectivity index (χ2n) is 2.85. The van der Waals surface area contributed by atoms with Crippen LogP contribution in [0, 0.1) is 0 Å². The lowest BCUT2D eigenvalue weighted by molar-refractivity contribution is 0.202. The van der Waals surface area contributed by atoms with E-state index < -0.39 is 7.87 Å². The van der Waals surface area contributed by atoms with Gasteiger partial charge in [0.15, 0.2) is 0 Å².